The lowest BCUT2D eigenvalue weighted by atomic mass is 10.1. The third kappa shape index (κ3) is 2.72. The minimum absolute atomic E-state index is 0.191. The lowest BCUT2D eigenvalue weighted by Gasteiger charge is -2.05. The number of fused-ring (bicyclic) bond motifs is 2. The van der Waals surface area contributed by atoms with Crippen molar-refractivity contribution in [2.75, 3.05) is 6.79 Å². The number of benzene rings is 2. The van der Waals surface area contributed by atoms with Crippen molar-refractivity contribution in [1.29, 1.82) is 0 Å². The Morgan fingerprint density at radius 3 is 2.84 bits per heavy atom. The Kier molecular flexibility index (Phi) is 4.05. The number of carbonyl (C=O) groups is 1. The van der Waals surface area contributed by atoms with E-state index in [-0.39, 0.29) is 12.7 Å². The maximum atomic E-state index is 12.6. The molecule has 2 aromatic carbocycles. The Bertz CT molecular complexity index is 1030. The summed E-state index contributed by atoms with van der Waals surface area (Å²) in [5.74, 6) is 0.980. The van der Waals surface area contributed by atoms with Gasteiger partial charge in [0.15, 0.2) is 16.3 Å². The van der Waals surface area contributed by atoms with Crippen LogP contribution in [-0.2, 0) is 13.0 Å². The average molecular weight is 354 g/mol. The average Bonchev–Trinajstić information content (AvgIpc) is 3.24. The van der Waals surface area contributed by atoms with Gasteiger partial charge < -0.3 is 14.0 Å². The highest BCUT2D eigenvalue weighted by Crippen LogP contribution is 2.32. The number of thiazole rings is 1. The van der Waals surface area contributed by atoms with Gasteiger partial charge in [0.25, 0.3) is 5.91 Å². The van der Waals surface area contributed by atoms with Crippen LogP contribution in [0.2, 0.25) is 0 Å². The normalized spacial score (nSPS) is 13.6. The molecule has 0 atom stereocenters. The Balaban J connectivity index is 1.82. The van der Waals surface area contributed by atoms with Crippen molar-refractivity contribution in [1.82, 2.24) is 4.57 Å². The lowest BCUT2D eigenvalue weighted by Crippen LogP contribution is -2.16. The van der Waals surface area contributed by atoms with E-state index in [2.05, 4.69) is 41.6 Å². The molecule has 2 heterocycles. The summed E-state index contributed by atoms with van der Waals surface area (Å²) in [6.07, 6.45) is 0.948. The number of carbonyl (C=O) groups excluding carboxylic acids is 1. The van der Waals surface area contributed by atoms with Crippen LogP contribution in [-0.4, -0.2) is 17.3 Å². The predicted octanol–water partition coefficient (Wildman–Crippen LogP) is 3.75. The molecule has 3 aromatic rings. The molecule has 1 aromatic heterocycles. The van der Waals surface area contributed by atoms with Crippen molar-refractivity contribution < 1.29 is 14.3 Å². The number of nitrogens with zero attached hydrogens (tertiary/aromatic N) is 2. The molecule has 0 aliphatic carbocycles. The molecule has 128 valence electrons. The zero-order valence-corrected chi connectivity index (χ0v) is 14.9. The number of aromatic nitrogens is 1. The molecule has 0 radical (unpaired) electrons. The third-order valence-electron chi connectivity index (χ3n) is 4.30. The molecule has 1 amide bonds. The van der Waals surface area contributed by atoms with Crippen LogP contribution >= 0.6 is 11.3 Å². The Labute approximate surface area is 149 Å². The summed E-state index contributed by atoms with van der Waals surface area (Å²) in [6.45, 7) is 5.17. The number of ether oxygens (including phenoxy) is 2. The third-order valence-corrected chi connectivity index (χ3v) is 5.34. The SMILES string of the molecule is CCc1cccc2sc(=NC(=O)c3ccc4c(c3)OCO4)n(CC)c12. The van der Waals surface area contributed by atoms with Crippen molar-refractivity contribution in [2.45, 2.75) is 26.8 Å². The summed E-state index contributed by atoms with van der Waals surface area (Å²) < 4.78 is 13.9. The van der Waals surface area contributed by atoms with Crippen LogP contribution in [0.3, 0.4) is 0 Å². The number of aryl methyl sites for hydroxylation is 2. The topological polar surface area (TPSA) is 52.8 Å². The van der Waals surface area contributed by atoms with E-state index in [9.17, 15) is 4.79 Å². The fraction of sp³-hybridized carbons (Fsp3) is 0.263. The van der Waals surface area contributed by atoms with Crippen LogP contribution in [0.1, 0.15) is 29.8 Å². The van der Waals surface area contributed by atoms with E-state index in [4.69, 9.17) is 9.47 Å². The second-order valence-corrected chi connectivity index (χ2v) is 6.74. The summed E-state index contributed by atoms with van der Waals surface area (Å²) in [4.78, 5) is 17.8. The van der Waals surface area contributed by atoms with Gasteiger partial charge in [0.05, 0.1) is 10.2 Å². The second kappa shape index (κ2) is 6.37. The van der Waals surface area contributed by atoms with E-state index in [1.54, 1.807) is 29.5 Å². The molecule has 0 saturated carbocycles. The van der Waals surface area contributed by atoms with Crippen molar-refractivity contribution in [3.8, 4) is 11.5 Å². The van der Waals surface area contributed by atoms with Crippen molar-refractivity contribution >= 4 is 27.5 Å². The summed E-state index contributed by atoms with van der Waals surface area (Å²) in [6, 6.07) is 11.4. The number of hydrogen-bond donors (Lipinski definition) is 0. The molecule has 0 saturated heterocycles. The molecule has 25 heavy (non-hydrogen) atoms. The van der Waals surface area contributed by atoms with Crippen LogP contribution < -0.4 is 14.3 Å². The minimum Gasteiger partial charge on any atom is -0.454 e. The highest BCUT2D eigenvalue weighted by atomic mass is 32.1. The molecule has 1 aliphatic rings. The highest BCUT2D eigenvalue weighted by molar-refractivity contribution is 7.16. The van der Waals surface area contributed by atoms with Crippen LogP contribution in [0.5, 0.6) is 11.5 Å². The Hall–Kier alpha value is -2.60. The van der Waals surface area contributed by atoms with Crippen LogP contribution in [0, 0.1) is 0 Å². The van der Waals surface area contributed by atoms with Crippen molar-refractivity contribution in [3.63, 3.8) is 0 Å². The van der Waals surface area contributed by atoms with Gasteiger partial charge in [-0.2, -0.15) is 4.99 Å². The second-order valence-electron chi connectivity index (χ2n) is 5.73. The van der Waals surface area contributed by atoms with Crippen molar-refractivity contribution in [3.05, 3.63) is 52.3 Å². The first-order chi connectivity index (χ1) is 12.2. The number of rotatable bonds is 3. The van der Waals surface area contributed by atoms with E-state index in [0.717, 1.165) is 22.5 Å². The zero-order valence-electron chi connectivity index (χ0n) is 14.1. The van der Waals surface area contributed by atoms with E-state index < -0.39 is 0 Å². The molecular weight excluding hydrogens is 336 g/mol. The van der Waals surface area contributed by atoms with Gasteiger partial charge in [0, 0.05) is 12.1 Å². The van der Waals surface area contributed by atoms with Gasteiger partial charge in [0.2, 0.25) is 6.79 Å². The fourth-order valence-electron chi connectivity index (χ4n) is 3.05. The quantitative estimate of drug-likeness (QED) is 0.720. The molecule has 0 N–H and O–H groups in total. The first kappa shape index (κ1) is 15.9. The molecule has 0 spiro atoms. The van der Waals surface area contributed by atoms with Gasteiger partial charge in [-0.3, -0.25) is 4.79 Å². The molecule has 0 fully saturated rings. The molecule has 6 heteroatoms. The Morgan fingerprint density at radius 1 is 1.20 bits per heavy atom. The predicted molar refractivity (Wildman–Crippen MR) is 97.3 cm³/mol. The first-order valence-corrected chi connectivity index (χ1v) is 9.12. The van der Waals surface area contributed by atoms with E-state index in [1.165, 1.54) is 11.1 Å². The van der Waals surface area contributed by atoms with Gasteiger partial charge in [-0.15, -0.1) is 0 Å². The summed E-state index contributed by atoms with van der Waals surface area (Å²) >= 11 is 1.55. The van der Waals surface area contributed by atoms with Crippen LogP contribution in [0.4, 0.5) is 0 Å². The minimum atomic E-state index is -0.273. The van der Waals surface area contributed by atoms with Crippen LogP contribution in [0.25, 0.3) is 10.2 Å². The summed E-state index contributed by atoms with van der Waals surface area (Å²) in [5.41, 5.74) is 2.95. The number of amides is 1. The molecule has 0 bridgehead atoms. The summed E-state index contributed by atoms with van der Waals surface area (Å²) in [7, 11) is 0. The fourth-order valence-corrected chi connectivity index (χ4v) is 4.19. The number of hydrogen-bond acceptors (Lipinski definition) is 4. The molecule has 0 unspecified atom stereocenters. The van der Waals surface area contributed by atoms with E-state index >= 15 is 0 Å². The van der Waals surface area contributed by atoms with E-state index in [0.29, 0.717) is 17.1 Å². The monoisotopic (exact) mass is 354 g/mol. The highest BCUT2D eigenvalue weighted by Gasteiger charge is 2.16. The summed E-state index contributed by atoms with van der Waals surface area (Å²) in [5, 5.41) is 0. The largest absolute Gasteiger partial charge is 0.454 e. The first-order valence-electron chi connectivity index (χ1n) is 8.31. The molecular formula is C19H18N2O3S. The van der Waals surface area contributed by atoms with Gasteiger partial charge in [-0.05, 0) is 43.2 Å². The van der Waals surface area contributed by atoms with Gasteiger partial charge in [-0.25, -0.2) is 0 Å². The smallest absolute Gasteiger partial charge is 0.279 e. The van der Waals surface area contributed by atoms with Gasteiger partial charge >= 0.3 is 0 Å². The zero-order chi connectivity index (χ0) is 17.4. The Morgan fingerprint density at radius 2 is 2.04 bits per heavy atom. The lowest BCUT2D eigenvalue weighted by molar-refractivity contribution is 0.0997. The standard InChI is InChI=1S/C19H18N2O3S/c1-3-12-6-5-7-16-17(12)21(4-2)19(25-16)20-18(22)13-8-9-14-15(10-13)24-11-23-14/h5-10H,3-4,11H2,1-2H3. The molecule has 5 nitrogen and oxygen atoms in total. The van der Waals surface area contributed by atoms with Gasteiger partial charge in [0.1, 0.15) is 0 Å². The van der Waals surface area contributed by atoms with E-state index in [1.807, 2.05) is 0 Å². The maximum absolute atomic E-state index is 12.6. The molecule has 1 aliphatic heterocycles. The van der Waals surface area contributed by atoms with Crippen LogP contribution in [0.15, 0.2) is 41.4 Å². The molecule has 4 rings (SSSR count). The number of para-hydroxylation sites is 1. The maximum Gasteiger partial charge on any atom is 0.279 e. The van der Waals surface area contributed by atoms with Crippen molar-refractivity contribution in [2.24, 2.45) is 4.99 Å². The van der Waals surface area contributed by atoms with Gasteiger partial charge in [-0.1, -0.05) is 30.4 Å².